The summed E-state index contributed by atoms with van der Waals surface area (Å²) in [6.45, 7) is 3.34. The summed E-state index contributed by atoms with van der Waals surface area (Å²) < 4.78 is 27.2. The van der Waals surface area contributed by atoms with Crippen LogP contribution in [-0.4, -0.2) is 35.3 Å². The lowest BCUT2D eigenvalue weighted by molar-refractivity contribution is -0.138. The van der Waals surface area contributed by atoms with Crippen LogP contribution in [0.4, 0.5) is 8.78 Å². The fourth-order valence-corrected chi connectivity index (χ4v) is 4.19. The number of hydrogen-bond donors (Lipinski definition) is 0. The first-order valence-electron chi connectivity index (χ1n) is 9.62. The van der Waals surface area contributed by atoms with Gasteiger partial charge >= 0.3 is 0 Å². The van der Waals surface area contributed by atoms with Crippen molar-refractivity contribution in [1.29, 1.82) is 0 Å². The van der Waals surface area contributed by atoms with E-state index in [0.717, 1.165) is 45.0 Å². The quantitative estimate of drug-likeness (QED) is 0.821. The number of nitrogens with zero attached hydrogens (tertiary/aromatic N) is 2. The normalized spacial score (nSPS) is 18.4. The number of rotatable bonds is 3. The minimum Gasteiger partial charge on any atom is -0.338 e. The zero-order valence-corrected chi connectivity index (χ0v) is 15.3. The van der Waals surface area contributed by atoms with Crippen LogP contribution in [0.15, 0.2) is 42.5 Å². The summed E-state index contributed by atoms with van der Waals surface area (Å²) in [6.07, 6.45) is 2.46. The lowest BCUT2D eigenvalue weighted by atomic mass is 9.93. The smallest absolute Gasteiger partial charge is 0.226 e. The molecule has 4 rings (SSSR count). The standard InChI is InChI=1S/C22H24F2N2O/c23-20-7-3-6-19(21(20)24)14-25-11-8-17(9-12-25)22(27)26-13-10-16-4-1-2-5-18(16)15-26/h1-7,17H,8-15H2. The number of amides is 1. The second-order valence-corrected chi connectivity index (χ2v) is 7.54. The molecule has 1 fully saturated rings. The molecule has 142 valence electrons. The first kappa shape index (κ1) is 18.1. The third kappa shape index (κ3) is 3.88. The minimum atomic E-state index is -0.803. The number of fused-ring (bicyclic) bond motifs is 1. The molecule has 2 aliphatic rings. The van der Waals surface area contributed by atoms with Crippen LogP contribution in [0.2, 0.25) is 0 Å². The van der Waals surface area contributed by atoms with Crippen LogP contribution >= 0.6 is 0 Å². The van der Waals surface area contributed by atoms with Crippen LogP contribution in [0, 0.1) is 17.6 Å². The summed E-state index contributed by atoms with van der Waals surface area (Å²) in [5, 5.41) is 0. The molecule has 0 atom stereocenters. The van der Waals surface area contributed by atoms with Gasteiger partial charge < -0.3 is 4.90 Å². The number of halogens is 2. The summed E-state index contributed by atoms with van der Waals surface area (Å²) in [4.78, 5) is 17.0. The largest absolute Gasteiger partial charge is 0.338 e. The zero-order valence-electron chi connectivity index (χ0n) is 15.3. The number of likely N-dealkylation sites (tertiary alicyclic amines) is 1. The van der Waals surface area contributed by atoms with Crippen molar-refractivity contribution >= 4 is 5.91 Å². The van der Waals surface area contributed by atoms with Gasteiger partial charge in [0.2, 0.25) is 5.91 Å². The average Bonchev–Trinajstić information content (AvgIpc) is 2.71. The van der Waals surface area contributed by atoms with Crippen LogP contribution in [-0.2, 0) is 24.3 Å². The number of hydrogen-bond acceptors (Lipinski definition) is 2. The third-order valence-corrected chi connectivity index (χ3v) is 5.80. The molecule has 0 aliphatic carbocycles. The Morgan fingerprint density at radius 3 is 2.48 bits per heavy atom. The molecular formula is C22H24F2N2O. The molecule has 0 aromatic heterocycles. The number of carbonyl (C=O) groups excluding carboxylic acids is 1. The van der Waals surface area contributed by atoms with E-state index >= 15 is 0 Å². The number of piperidine rings is 1. The number of benzene rings is 2. The fraction of sp³-hybridized carbons (Fsp3) is 0.409. The molecular weight excluding hydrogens is 346 g/mol. The molecule has 2 aromatic carbocycles. The maximum atomic E-state index is 13.9. The molecule has 2 aliphatic heterocycles. The first-order chi connectivity index (χ1) is 13.1. The fourth-order valence-electron chi connectivity index (χ4n) is 4.19. The van der Waals surface area contributed by atoms with Gasteiger partial charge in [0.25, 0.3) is 0 Å². The lowest BCUT2D eigenvalue weighted by Gasteiger charge is -2.36. The van der Waals surface area contributed by atoms with Gasteiger partial charge in [0.15, 0.2) is 11.6 Å². The minimum absolute atomic E-state index is 0.0314. The topological polar surface area (TPSA) is 23.6 Å². The summed E-state index contributed by atoms with van der Waals surface area (Å²) in [7, 11) is 0. The molecule has 0 saturated carbocycles. The van der Waals surface area contributed by atoms with Crippen molar-refractivity contribution in [3.8, 4) is 0 Å². The van der Waals surface area contributed by atoms with Gasteiger partial charge in [-0.25, -0.2) is 8.78 Å². The highest BCUT2D eigenvalue weighted by Crippen LogP contribution is 2.25. The van der Waals surface area contributed by atoms with Gasteiger partial charge in [-0.1, -0.05) is 36.4 Å². The van der Waals surface area contributed by atoms with Crippen LogP contribution < -0.4 is 0 Å². The monoisotopic (exact) mass is 370 g/mol. The molecule has 3 nitrogen and oxygen atoms in total. The van der Waals surface area contributed by atoms with E-state index in [2.05, 4.69) is 17.0 Å². The molecule has 0 bridgehead atoms. The van der Waals surface area contributed by atoms with Crippen molar-refractivity contribution in [1.82, 2.24) is 9.80 Å². The molecule has 1 saturated heterocycles. The van der Waals surface area contributed by atoms with E-state index in [0.29, 0.717) is 18.7 Å². The van der Waals surface area contributed by atoms with Crippen molar-refractivity contribution < 1.29 is 13.6 Å². The van der Waals surface area contributed by atoms with Crippen LogP contribution in [0.3, 0.4) is 0 Å². The Hall–Kier alpha value is -2.27. The van der Waals surface area contributed by atoms with E-state index in [9.17, 15) is 13.6 Å². The van der Waals surface area contributed by atoms with Crippen LogP contribution in [0.1, 0.15) is 29.5 Å². The van der Waals surface area contributed by atoms with Gasteiger partial charge in [-0.15, -0.1) is 0 Å². The molecule has 2 aromatic rings. The molecule has 1 amide bonds. The predicted molar refractivity (Wildman–Crippen MR) is 99.9 cm³/mol. The SMILES string of the molecule is O=C(C1CCN(Cc2cccc(F)c2F)CC1)N1CCc2ccccc2C1. The Labute approximate surface area is 158 Å². The Morgan fingerprint density at radius 2 is 1.70 bits per heavy atom. The average molecular weight is 370 g/mol. The summed E-state index contributed by atoms with van der Waals surface area (Å²) >= 11 is 0. The Balaban J connectivity index is 1.33. The highest BCUT2D eigenvalue weighted by Gasteiger charge is 2.30. The molecule has 0 N–H and O–H groups in total. The molecule has 0 spiro atoms. The summed E-state index contributed by atoms with van der Waals surface area (Å²) in [5.74, 6) is -1.30. The summed E-state index contributed by atoms with van der Waals surface area (Å²) in [6, 6.07) is 12.6. The van der Waals surface area contributed by atoms with Gasteiger partial charge in [0, 0.05) is 31.1 Å². The van der Waals surface area contributed by atoms with Crippen molar-refractivity contribution in [3.63, 3.8) is 0 Å². The van der Waals surface area contributed by atoms with Gasteiger partial charge in [0.1, 0.15) is 0 Å². The molecule has 27 heavy (non-hydrogen) atoms. The summed E-state index contributed by atoms with van der Waals surface area (Å²) in [5.41, 5.74) is 2.97. The highest BCUT2D eigenvalue weighted by molar-refractivity contribution is 5.79. The maximum absolute atomic E-state index is 13.9. The van der Waals surface area contributed by atoms with E-state index in [1.807, 2.05) is 17.0 Å². The molecule has 2 heterocycles. The highest BCUT2D eigenvalue weighted by atomic mass is 19.2. The van der Waals surface area contributed by atoms with Gasteiger partial charge in [-0.05, 0) is 49.5 Å². The van der Waals surface area contributed by atoms with Crippen LogP contribution in [0.25, 0.3) is 0 Å². The van der Waals surface area contributed by atoms with E-state index in [1.165, 1.54) is 17.2 Å². The predicted octanol–water partition coefficient (Wildman–Crippen LogP) is 3.76. The Kier molecular flexibility index (Phi) is 5.21. The van der Waals surface area contributed by atoms with E-state index in [4.69, 9.17) is 0 Å². The van der Waals surface area contributed by atoms with E-state index in [-0.39, 0.29) is 11.8 Å². The second-order valence-electron chi connectivity index (χ2n) is 7.54. The van der Waals surface area contributed by atoms with Gasteiger partial charge in [-0.2, -0.15) is 0 Å². The second kappa shape index (κ2) is 7.77. The van der Waals surface area contributed by atoms with Gasteiger partial charge in [-0.3, -0.25) is 9.69 Å². The first-order valence-corrected chi connectivity index (χ1v) is 9.62. The zero-order chi connectivity index (χ0) is 18.8. The molecule has 0 unspecified atom stereocenters. The van der Waals surface area contributed by atoms with Crippen molar-refractivity contribution in [3.05, 3.63) is 70.8 Å². The molecule has 5 heteroatoms. The Morgan fingerprint density at radius 1 is 0.963 bits per heavy atom. The third-order valence-electron chi connectivity index (χ3n) is 5.80. The molecule has 0 radical (unpaired) electrons. The lowest BCUT2D eigenvalue weighted by Crippen LogP contribution is -2.44. The van der Waals surface area contributed by atoms with Gasteiger partial charge in [0.05, 0.1) is 0 Å². The van der Waals surface area contributed by atoms with Crippen molar-refractivity contribution in [2.45, 2.75) is 32.4 Å². The van der Waals surface area contributed by atoms with Crippen molar-refractivity contribution in [2.75, 3.05) is 19.6 Å². The van der Waals surface area contributed by atoms with E-state index in [1.54, 1.807) is 6.07 Å². The Bertz CT molecular complexity index is 831. The van der Waals surface area contributed by atoms with E-state index < -0.39 is 11.6 Å². The number of carbonyl (C=O) groups is 1. The maximum Gasteiger partial charge on any atom is 0.226 e. The van der Waals surface area contributed by atoms with Crippen molar-refractivity contribution in [2.24, 2.45) is 5.92 Å². The van der Waals surface area contributed by atoms with Crippen LogP contribution in [0.5, 0.6) is 0 Å².